The average molecular weight is 480 g/mol. The van der Waals surface area contributed by atoms with E-state index in [9.17, 15) is 9.90 Å². The third kappa shape index (κ3) is 4.84. The van der Waals surface area contributed by atoms with Gasteiger partial charge in [-0.05, 0) is 63.9 Å². The van der Waals surface area contributed by atoms with Crippen LogP contribution in [-0.2, 0) is 4.74 Å². The van der Waals surface area contributed by atoms with Gasteiger partial charge >= 0.3 is 0 Å². The second kappa shape index (κ2) is 10.4. The van der Waals surface area contributed by atoms with Crippen LogP contribution in [0.1, 0.15) is 60.4 Å². The molecule has 1 aliphatic rings. The van der Waals surface area contributed by atoms with Gasteiger partial charge in [0, 0.05) is 24.3 Å². The molecule has 2 heterocycles. The van der Waals surface area contributed by atoms with Crippen molar-refractivity contribution in [3.8, 4) is 28.5 Å². The molecule has 8 nitrogen and oxygen atoms in total. The first-order valence-electron chi connectivity index (χ1n) is 12.0. The van der Waals surface area contributed by atoms with Gasteiger partial charge in [-0.2, -0.15) is 5.10 Å². The number of aromatic hydroxyl groups is 1. The SMILES string of the molecule is CCOc1ccc([C@@H]2c3c(-c4cc(C)ccc4O)n[nH]c3C(=O)N2CCCOC(C)C)cc1OC. The summed E-state index contributed by atoms with van der Waals surface area (Å²) in [7, 11) is 1.60. The summed E-state index contributed by atoms with van der Waals surface area (Å²) in [5, 5.41) is 18.0. The molecule has 186 valence electrons. The van der Waals surface area contributed by atoms with Gasteiger partial charge in [-0.1, -0.05) is 17.7 Å². The largest absolute Gasteiger partial charge is 0.507 e. The molecule has 0 bridgehead atoms. The summed E-state index contributed by atoms with van der Waals surface area (Å²) in [6, 6.07) is 10.7. The maximum absolute atomic E-state index is 13.5. The number of phenols is 1. The topological polar surface area (TPSA) is 96.9 Å². The second-order valence-corrected chi connectivity index (χ2v) is 8.90. The summed E-state index contributed by atoms with van der Waals surface area (Å²) in [5.74, 6) is 1.22. The highest BCUT2D eigenvalue weighted by atomic mass is 16.5. The van der Waals surface area contributed by atoms with E-state index in [-0.39, 0.29) is 17.8 Å². The van der Waals surface area contributed by atoms with Crippen LogP contribution in [0.15, 0.2) is 36.4 Å². The number of carbonyl (C=O) groups is 1. The zero-order chi connectivity index (χ0) is 25.1. The Balaban J connectivity index is 1.80. The number of aromatic nitrogens is 2. The van der Waals surface area contributed by atoms with Gasteiger partial charge in [-0.15, -0.1) is 0 Å². The maximum Gasteiger partial charge on any atom is 0.273 e. The van der Waals surface area contributed by atoms with Crippen LogP contribution in [0.2, 0.25) is 0 Å². The lowest BCUT2D eigenvalue weighted by Gasteiger charge is -2.27. The minimum atomic E-state index is -0.408. The van der Waals surface area contributed by atoms with Gasteiger partial charge in [-0.25, -0.2) is 0 Å². The van der Waals surface area contributed by atoms with E-state index in [1.807, 2.05) is 62.9 Å². The van der Waals surface area contributed by atoms with Crippen molar-refractivity contribution in [2.45, 2.75) is 46.3 Å². The maximum atomic E-state index is 13.5. The highest BCUT2D eigenvalue weighted by Gasteiger charge is 2.42. The predicted octanol–water partition coefficient (Wildman–Crippen LogP) is 4.86. The Labute approximate surface area is 205 Å². The molecule has 0 saturated carbocycles. The number of H-pyrrole nitrogens is 1. The zero-order valence-electron chi connectivity index (χ0n) is 20.9. The van der Waals surface area contributed by atoms with Crippen LogP contribution in [0.5, 0.6) is 17.2 Å². The van der Waals surface area contributed by atoms with E-state index in [1.54, 1.807) is 13.2 Å². The van der Waals surface area contributed by atoms with E-state index < -0.39 is 6.04 Å². The highest BCUT2D eigenvalue weighted by molar-refractivity contribution is 6.00. The third-order valence-electron chi connectivity index (χ3n) is 6.07. The molecular weight excluding hydrogens is 446 g/mol. The lowest BCUT2D eigenvalue weighted by atomic mass is 9.94. The number of nitrogens with one attached hydrogen (secondary N) is 1. The lowest BCUT2D eigenvalue weighted by molar-refractivity contribution is 0.0601. The van der Waals surface area contributed by atoms with Crippen molar-refractivity contribution in [3.05, 3.63) is 58.8 Å². The van der Waals surface area contributed by atoms with Crippen LogP contribution in [0.3, 0.4) is 0 Å². The summed E-state index contributed by atoms with van der Waals surface area (Å²) in [6.07, 6.45) is 0.820. The smallest absolute Gasteiger partial charge is 0.273 e. The normalized spacial score (nSPS) is 15.1. The number of aromatic amines is 1. The van der Waals surface area contributed by atoms with E-state index in [1.165, 1.54) is 0 Å². The van der Waals surface area contributed by atoms with Crippen LogP contribution in [0.25, 0.3) is 11.3 Å². The number of ether oxygens (including phenoxy) is 3. The number of hydrogen-bond acceptors (Lipinski definition) is 6. The minimum Gasteiger partial charge on any atom is -0.507 e. The number of rotatable bonds is 10. The number of benzene rings is 2. The second-order valence-electron chi connectivity index (χ2n) is 8.90. The van der Waals surface area contributed by atoms with E-state index in [0.29, 0.717) is 54.6 Å². The molecule has 35 heavy (non-hydrogen) atoms. The molecule has 0 saturated heterocycles. The molecule has 4 rings (SSSR count). The third-order valence-corrected chi connectivity index (χ3v) is 6.07. The van der Waals surface area contributed by atoms with E-state index in [0.717, 1.165) is 16.7 Å². The van der Waals surface area contributed by atoms with Gasteiger partial charge in [0.2, 0.25) is 0 Å². The Morgan fingerprint density at radius 1 is 1.17 bits per heavy atom. The standard InChI is InChI=1S/C27H33N3O5/c1-6-34-21-11-9-18(15-22(21)33-5)26-23-24(19-14-17(4)8-10-20(19)31)28-29-25(23)27(32)30(26)12-7-13-35-16(2)3/h8-11,14-16,26,31H,6-7,12-13H2,1-5H3,(H,28,29)/t26-/m1/s1. The van der Waals surface area contributed by atoms with Gasteiger partial charge in [0.1, 0.15) is 17.1 Å². The zero-order valence-corrected chi connectivity index (χ0v) is 20.9. The quantitative estimate of drug-likeness (QED) is 0.403. The van der Waals surface area contributed by atoms with Crippen molar-refractivity contribution in [1.82, 2.24) is 15.1 Å². The van der Waals surface area contributed by atoms with Crippen molar-refractivity contribution < 1.29 is 24.1 Å². The van der Waals surface area contributed by atoms with E-state index in [2.05, 4.69) is 10.2 Å². The molecule has 0 fully saturated rings. The Kier molecular flexibility index (Phi) is 7.31. The van der Waals surface area contributed by atoms with Crippen molar-refractivity contribution in [3.63, 3.8) is 0 Å². The molecule has 1 amide bonds. The van der Waals surface area contributed by atoms with E-state index in [4.69, 9.17) is 14.2 Å². The summed E-state index contributed by atoms with van der Waals surface area (Å²) in [5.41, 5.74) is 4.18. The Morgan fingerprint density at radius 3 is 2.69 bits per heavy atom. The molecular formula is C27H33N3O5. The molecule has 1 aliphatic heterocycles. The summed E-state index contributed by atoms with van der Waals surface area (Å²) in [6.45, 7) is 9.44. The first kappa shape index (κ1) is 24.6. The van der Waals surface area contributed by atoms with Gasteiger partial charge < -0.3 is 24.2 Å². The molecule has 0 radical (unpaired) electrons. The van der Waals surface area contributed by atoms with Crippen LogP contribution in [-0.4, -0.2) is 59.1 Å². The summed E-state index contributed by atoms with van der Waals surface area (Å²) < 4.78 is 17.0. The van der Waals surface area contributed by atoms with Crippen molar-refractivity contribution >= 4 is 5.91 Å². The number of carbonyl (C=O) groups excluding carboxylic acids is 1. The molecule has 2 N–H and O–H groups in total. The molecule has 0 aliphatic carbocycles. The fourth-order valence-corrected chi connectivity index (χ4v) is 4.50. The van der Waals surface area contributed by atoms with E-state index >= 15 is 0 Å². The molecule has 2 aromatic carbocycles. The Hall–Kier alpha value is -3.52. The van der Waals surface area contributed by atoms with Crippen molar-refractivity contribution in [2.24, 2.45) is 0 Å². The minimum absolute atomic E-state index is 0.115. The number of nitrogens with zero attached hydrogens (tertiary/aromatic N) is 2. The first-order chi connectivity index (χ1) is 16.8. The first-order valence-corrected chi connectivity index (χ1v) is 12.0. The summed E-state index contributed by atoms with van der Waals surface area (Å²) >= 11 is 0. The Morgan fingerprint density at radius 2 is 1.97 bits per heavy atom. The number of amides is 1. The molecule has 8 heteroatoms. The monoisotopic (exact) mass is 479 g/mol. The lowest BCUT2D eigenvalue weighted by Crippen LogP contribution is -2.31. The van der Waals surface area contributed by atoms with Crippen LogP contribution >= 0.6 is 0 Å². The number of aryl methyl sites for hydroxylation is 1. The average Bonchev–Trinajstić information content (AvgIpc) is 3.37. The molecule has 3 aromatic rings. The van der Waals surface area contributed by atoms with Gasteiger partial charge in [0.25, 0.3) is 5.91 Å². The predicted molar refractivity (Wildman–Crippen MR) is 133 cm³/mol. The number of hydrogen-bond donors (Lipinski definition) is 2. The fourth-order valence-electron chi connectivity index (χ4n) is 4.50. The number of methoxy groups -OCH3 is 1. The molecule has 1 atom stereocenters. The van der Waals surface area contributed by atoms with Crippen molar-refractivity contribution in [2.75, 3.05) is 26.9 Å². The highest BCUT2D eigenvalue weighted by Crippen LogP contribution is 2.46. The van der Waals surface area contributed by atoms with Gasteiger partial charge in [-0.3, -0.25) is 9.89 Å². The molecule has 1 aromatic heterocycles. The number of fused-ring (bicyclic) bond motifs is 1. The fraction of sp³-hybridized carbons (Fsp3) is 0.407. The molecule has 0 spiro atoms. The summed E-state index contributed by atoms with van der Waals surface area (Å²) in [4.78, 5) is 15.4. The molecule has 0 unspecified atom stereocenters. The van der Waals surface area contributed by atoms with Crippen molar-refractivity contribution in [1.29, 1.82) is 0 Å². The van der Waals surface area contributed by atoms with Crippen LogP contribution < -0.4 is 9.47 Å². The number of phenolic OH excluding ortho intramolecular Hbond substituents is 1. The van der Waals surface area contributed by atoms with Gasteiger partial charge in [0.05, 0.1) is 25.9 Å². The Bertz CT molecular complexity index is 1200. The van der Waals surface area contributed by atoms with Crippen LogP contribution in [0, 0.1) is 6.92 Å². The van der Waals surface area contributed by atoms with Crippen LogP contribution in [0.4, 0.5) is 0 Å². The van der Waals surface area contributed by atoms with Gasteiger partial charge in [0.15, 0.2) is 11.5 Å².